The van der Waals surface area contributed by atoms with Gasteiger partial charge < -0.3 is 4.90 Å². The number of nitrogens with zero attached hydrogens (tertiary/aromatic N) is 2. The van der Waals surface area contributed by atoms with E-state index in [1.54, 1.807) is 38.4 Å². The number of sulfonamides is 1. The number of anilines is 1. The molecule has 2 aromatic rings. The van der Waals surface area contributed by atoms with Crippen molar-refractivity contribution in [3.05, 3.63) is 65.2 Å². The summed E-state index contributed by atoms with van der Waals surface area (Å²) in [6, 6.07) is 14.3. The highest BCUT2D eigenvalue weighted by Gasteiger charge is 2.19. The van der Waals surface area contributed by atoms with Crippen molar-refractivity contribution in [2.75, 3.05) is 24.7 Å². The molecule has 128 valence electrons. The van der Waals surface area contributed by atoms with Crippen LogP contribution < -0.4 is 4.31 Å². The minimum Gasteiger partial charge on any atom is -0.345 e. The summed E-state index contributed by atoms with van der Waals surface area (Å²) in [5.74, 6) is -0.119. The third-order valence-corrected chi connectivity index (χ3v) is 4.92. The summed E-state index contributed by atoms with van der Waals surface area (Å²) < 4.78 is 25.8. The number of hydrogen-bond acceptors (Lipinski definition) is 3. The van der Waals surface area contributed by atoms with Crippen LogP contribution in [0.25, 0.3) is 0 Å². The Morgan fingerprint density at radius 1 is 1.00 bits per heavy atom. The molecular weight excluding hydrogens is 324 g/mol. The molecule has 6 heteroatoms. The normalized spacial score (nSPS) is 11.2. The summed E-state index contributed by atoms with van der Waals surface area (Å²) in [7, 11) is -0.0887. The standard InChI is InChI=1S/C18H22N2O3S/c1-14-7-5-6-8-16(14)13-20(24(4,22)23)17-11-9-15(10-12-17)18(21)19(2)3/h5-12H,13H2,1-4H3. The van der Waals surface area contributed by atoms with Crippen LogP contribution in [0.2, 0.25) is 0 Å². The van der Waals surface area contributed by atoms with Gasteiger partial charge in [0, 0.05) is 19.7 Å². The predicted octanol–water partition coefficient (Wildman–Crippen LogP) is 2.66. The van der Waals surface area contributed by atoms with Crippen LogP contribution in [0.15, 0.2) is 48.5 Å². The van der Waals surface area contributed by atoms with Gasteiger partial charge in [0.05, 0.1) is 18.5 Å². The highest BCUT2D eigenvalue weighted by atomic mass is 32.2. The lowest BCUT2D eigenvalue weighted by atomic mass is 10.1. The first-order valence-corrected chi connectivity index (χ1v) is 9.39. The summed E-state index contributed by atoms with van der Waals surface area (Å²) >= 11 is 0. The molecule has 2 aromatic carbocycles. The Hall–Kier alpha value is -2.34. The lowest BCUT2D eigenvalue weighted by Gasteiger charge is -2.23. The molecule has 0 radical (unpaired) electrons. The molecule has 0 aliphatic rings. The molecule has 0 N–H and O–H groups in total. The molecule has 24 heavy (non-hydrogen) atoms. The lowest BCUT2D eigenvalue weighted by molar-refractivity contribution is 0.0827. The molecule has 0 saturated heterocycles. The van der Waals surface area contributed by atoms with E-state index < -0.39 is 10.0 Å². The van der Waals surface area contributed by atoms with Crippen LogP contribution in [0.5, 0.6) is 0 Å². The number of amides is 1. The van der Waals surface area contributed by atoms with E-state index in [0.717, 1.165) is 11.1 Å². The number of benzene rings is 2. The zero-order valence-corrected chi connectivity index (χ0v) is 15.2. The van der Waals surface area contributed by atoms with Gasteiger partial charge in [0.25, 0.3) is 5.91 Å². The highest BCUT2D eigenvalue weighted by molar-refractivity contribution is 7.92. The molecule has 0 saturated carbocycles. The molecule has 0 fully saturated rings. The highest BCUT2D eigenvalue weighted by Crippen LogP contribution is 2.22. The number of hydrogen-bond donors (Lipinski definition) is 0. The Morgan fingerprint density at radius 3 is 2.08 bits per heavy atom. The Morgan fingerprint density at radius 2 is 1.58 bits per heavy atom. The van der Waals surface area contributed by atoms with Gasteiger partial charge in [-0.25, -0.2) is 8.42 Å². The second-order valence-corrected chi connectivity index (χ2v) is 7.85. The van der Waals surface area contributed by atoms with Crippen molar-refractivity contribution in [2.45, 2.75) is 13.5 Å². The summed E-state index contributed by atoms with van der Waals surface area (Å²) in [6.07, 6.45) is 1.18. The number of aryl methyl sites for hydroxylation is 1. The molecule has 0 spiro atoms. The van der Waals surface area contributed by atoms with Crippen LogP contribution in [0.3, 0.4) is 0 Å². The average molecular weight is 346 g/mol. The van der Waals surface area contributed by atoms with Crippen LogP contribution in [-0.2, 0) is 16.6 Å². The summed E-state index contributed by atoms with van der Waals surface area (Å²) in [5, 5.41) is 0. The quantitative estimate of drug-likeness (QED) is 0.836. The van der Waals surface area contributed by atoms with Crippen molar-refractivity contribution in [1.82, 2.24) is 4.90 Å². The zero-order valence-electron chi connectivity index (χ0n) is 14.4. The molecule has 0 bridgehead atoms. The molecule has 2 rings (SSSR count). The largest absolute Gasteiger partial charge is 0.345 e. The van der Waals surface area contributed by atoms with Crippen molar-refractivity contribution in [1.29, 1.82) is 0 Å². The van der Waals surface area contributed by atoms with Gasteiger partial charge in [-0.3, -0.25) is 9.10 Å². The van der Waals surface area contributed by atoms with Gasteiger partial charge in [-0.1, -0.05) is 24.3 Å². The van der Waals surface area contributed by atoms with Gasteiger partial charge in [0.1, 0.15) is 0 Å². The van der Waals surface area contributed by atoms with Crippen molar-refractivity contribution in [3.63, 3.8) is 0 Å². The van der Waals surface area contributed by atoms with E-state index in [0.29, 0.717) is 11.3 Å². The van der Waals surface area contributed by atoms with Crippen molar-refractivity contribution in [2.24, 2.45) is 0 Å². The molecule has 0 aromatic heterocycles. The van der Waals surface area contributed by atoms with Crippen LogP contribution >= 0.6 is 0 Å². The fraction of sp³-hybridized carbons (Fsp3) is 0.278. The van der Waals surface area contributed by atoms with Crippen LogP contribution in [0.1, 0.15) is 21.5 Å². The summed E-state index contributed by atoms with van der Waals surface area (Å²) in [6.45, 7) is 2.21. The number of carbonyl (C=O) groups is 1. The van der Waals surface area contributed by atoms with E-state index >= 15 is 0 Å². The Kier molecular flexibility index (Phi) is 5.29. The Bertz CT molecular complexity index is 828. The fourth-order valence-corrected chi connectivity index (χ4v) is 3.25. The molecule has 0 atom stereocenters. The zero-order chi connectivity index (χ0) is 17.9. The van der Waals surface area contributed by atoms with Gasteiger partial charge in [0.15, 0.2) is 0 Å². The van der Waals surface area contributed by atoms with Gasteiger partial charge in [-0.2, -0.15) is 0 Å². The molecule has 5 nitrogen and oxygen atoms in total. The van der Waals surface area contributed by atoms with Gasteiger partial charge in [-0.05, 0) is 42.3 Å². The fourth-order valence-electron chi connectivity index (χ4n) is 2.37. The first-order chi connectivity index (χ1) is 11.2. The van der Waals surface area contributed by atoms with Crippen molar-refractivity contribution >= 4 is 21.6 Å². The maximum Gasteiger partial charge on any atom is 0.253 e. The molecule has 0 aliphatic carbocycles. The second kappa shape index (κ2) is 7.05. The third kappa shape index (κ3) is 4.14. The topological polar surface area (TPSA) is 57.7 Å². The molecule has 0 unspecified atom stereocenters. The Balaban J connectivity index is 2.36. The monoisotopic (exact) mass is 346 g/mol. The molecule has 1 amide bonds. The minimum absolute atomic E-state index is 0.119. The van der Waals surface area contributed by atoms with E-state index in [1.807, 2.05) is 31.2 Å². The van der Waals surface area contributed by atoms with Gasteiger partial charge in [-0.15, -0.1) is 0 Å². The molecular formula is C18H22N2O3S. The molecule has 0 aliphatic heterocycles. The van der Waals surface area contributed by atoms with Crippen LogP contribution in [-0.4, -0.2) is 39.6 Å². The minimum atomic E-state index is -3.44. The van der Waals surface area contributed by atoms with E-state index in [-0.39, 0.29) is 12.5 Å². The maximum absolute atomic E-state index is 12.2. The number of rotatable bonds is 5. The second-order valence-electron chi connectivity index (χ2n) is 5.94. The third-order valence-electron chi connectivity index (χ3n) is 3.78. The van der Waals surface area contributed by atoms with Crippen LogP contribution in [0, 0.1) is 6.92 Å². The molecule has 0 heterocycles. The summed E-state index contributed by atoms with van der Waals surface area (Å²) in [4.78, 5) is 13.4. The van der Waals surface area contributed by atoms with Crippen molar-refractivity contribution < 1.29 is 13.2 Å². The Labute approximate surface area is 143 Å². The lowest BCUT2D eigenvalue weighted by Crippen LogP contribution is -2.29. The first-order valence-electron chi connectivity index (χ1n) is 7.54. The van der Waals surface area contributed by atoms with E-state index in [1.165, 1.54) is 15.5 Å². The van der Waals surface area contributed by atoms with Gasteiger partial charge >= 0.3 is 0 Å². The maximum atomic E-state index is 12.2. The van der Waals surface area contributed by atoms with E-state index in [4.69, 9.17) is 0 Å². The predicted molar refractivity (Wildman–Crippen MR) is 96.7 cm³/mol. The first kappa shape index (κ1) is 18.0. The number of carbonyl (C=O) groups excluding carboxylic acids is 1. The SMILES string of the molecule is Cc1ccccc1CN(c1ccc(C(=O)N(C)C)cc1)S(C)(=O)=O. The summed E-state index contributed by atoms with van der Waals surface area (Å²) in [5.41, 5.74) is 3.03. The smallest absolute Gasteiger partial charge is 0.253 e. The van der Waals surface area contributed by atoms with E-state index in [9.17, 15) is 13.2 Å². The van der Waals surface area contributed by atoms with Gasteiger partial charge in [0.2, 0.25) is 10.0 Å². The van der Waals surface area contributed by atoms with E-state index in [2.05, 4.69) is 0 Å². The van der Waals surface area contributed by atoms with Crippen molar-refractivity contribution in [3.8, 4) is 0 Å². The average Bonchev–Trinajstić information content (AvgIpc) is 2.52. The van der Waals surface area contributed by atoms with Crippen LogP contribution in [0.4, 0.5) is 5.69 Å².